The Hall–Kier alpha value is -1.96. The average molecular weight is 362 g/mol. The highest BCUT2D eigenvalue weighted by atomic mass is 35.5. The highest BCUT2D eigenvalue weighted by Gasteiger charge is 2.40. The van der Waals surface area contributed by atoms with Gasteiger partial charge in [-0.1, -0.05) is 23.7 Å². The molecule has 2 fully saturated rings. The molecule has 0 radical (unpaired) electrons. The Morgan fingerprint density at radius 2 is 1.84 bits per heavy atom. The lowest BCUT2D eigenvalue weighted by molar-refractivity contribution is -0.169. The molecule has 0 bridgehead atoms. The minimum absolute atomic E-state index is 0.382. The first-order valence-electron chi connectivity index (χ1n) is 8.43. The Kier molecular flexibility index (Phi) is 4.70. The van der Waals surface area contributed by atoms with Gasteiger partial charge in [-0.3, -0.25) is 0 Å². The third kappa shape index (κ3) is 3.84. The molecule has 2 aliphatic heterocycles. The number of piperidine rings is 1. The van der Waals surface area contributed by atoms with Gasteiger partial charge in [0.15, 0.2) is 11.6 Å². The molecule has 7 nitrogen and oxygen atoms in total. The smallest absolute Gasteiger partial charge is 0.244 e. The molecule has 1 spiro atoms. The number of anilines is 2. The van der Waals surface area contributed by atoms with E-state index in [0.717, 1.165) is 42.3 Å². The van der Waals surface area contributed by atoms with E-state index in [4.69, 9.17) is 21.1 Å². The van der Waals surface area contributed by atoms with Gasteiger partial charge < -0.3 is 19.7 Å². The summed E-state index contributed by atoms with van der Waals surface area (Å²) in [6.45, 7) is 3.65. The van der Waals surface area contributed by atoms with Crippen molar-refractivity contribution in [3.05, 3.63) is 41.0 Å². The van der Waals surface area contributed by atoms with Crippen LogP contribution in [0.25, 0.3) is 0 Å². The van der Waals surface area contributed by atoms with Crippen LogP contribution in [0.4, 0.5) is 11.8 Å². The Bertz CT molecular complexity index is 711. The molecule has 1 N–H and O–H groups in total. The van der Waals surface area contributed by atoms with Gasteiger partial charge in [0, 0.05) is 37.5 Å². The largest absolute Gasteiger partial charge is 0.355 e. The van der Waals surface area contributed by atoms with Crippen molar-refractivity contribution in [3.63, 3.8) is 0 Å². The Morgan fingerprint density at radius 1 is 1.12 bits per heavy atom. The number of halogens is 1. The van der Waals surface area contributed by atoms with Crippen molar-refractivity contribution in [3.8, 4) is 0 Å². The topological polar surface area (TPSA) is 72.4 Å². The van der Waals surface area contributed by atoms with E-state index < -0.39 is 0 Å². The number of hydrogen-bond donors (Lipinski definition) is 1. The molecule has 0 atom stereocenters. The predicted octanol–water partition coefficient (Wildman–Crippen LogP) is 2.48. The number of nitrogens with zero attached hydrogens (tertiary/aromatic N) is 4. The molecule has 0 saturated carbocycles. The summed E-state index contributed by atoms with van der Waals surface area (Å²) >= 11 is 5.90. The number of aromatic nitrogens is 3. The number of ether oxygens (including phenoxy) is 2. The first kappa shape index (κ1) is 16.5. The molecule has 3 heterocycles. The molecule has 1 aromatic heterocycles. The SMILES string of the molecule is Clc1ccc(CNc2nncc(N3CCC4(CC3)OCCO4)n2)cc1. The minimum Gasteiger partial charge on any atom is -0.355 e. The fraction of sp³-hybridized carbons (Fsp3) is 0.471. The minimum atomic E-state index is -0.382. The molecule has 4 rings (SSSR count). The molecule has 1 aromatic carbocycles. The van der Waals surface area contributed by atoms with Gasteiger partial charge in [0.25, 0.3) is 0 Å². The molecule has 0 aliphatic carbocycles. The average Bonchev–Trinajstić information content (AvgIpc) is 3.10. The normalized spacial score (nSPS) is 19.3. The Balaban J connectivity index is 1.37. The summed E-state index contributed by atoms with van der Waals surface area (Å²) < 4.78 is 11.5. The zero-order chi connectivity index (χ0) is 17.1. The van der Waals surface area contributed by atoms with Gasteiger partial charge in [0.1, 0.15) is 0 Å². The van der Waals surface area contributed by atoms with Gasteiger partial charge in [-0.25, -0.2) is 0 Å². The van der Waals surface area contributed by atoms with E-state index in [0.29, 0.717) is 25.7 Å². The highest BCUT2D eigenvalue weighted by Crippen LogP contribution is 2.32. The molecule has 2 aliphatic rings. The maximum Gasteiger partial charge on any atom is 0.244 e. The fourth-order valence-electron chi connectivity index (χ4n) is 3.17. The summed E-state index contributed by atoms with van der Waals surface area (Å²) in [6.07, 6.45) is 3.37. The maximum atomic E-state index is 5.90. The molecule has 132 valence electrons. The van der Waals surface area contributed by atoms with Crippen molar-refractivity contribution >= 4 is 23.4 Å². The number of benzene rings is 1. The van der Waals surface area contributed by atoms with Gasteiger partial charge >= 0.3 is 0 Å². The first-order valence-corrected chi connectivity index (χ1v) is 8.81. The number of hydrogen-bond acceptors (Lipinski definition) is 7. The van der Waals surface area contributed by atoms with Gasteiger partial charge in [-0.15, -0.1) is 5.10 Å². The van der Waals surface area contributed by atoms with E-state index >= 15 is 0 Å². The van der Waals surface area contributed by atoms with Gasteiger partial charge in [0.05, 0.1) is 19.4 Å². The monoisotopic (exact) mass is 361 g/mol. The van der Waals surface area contributed by atoms with Crippen LogP contribution in [-0.2, 0) is 16.0 Å². The van der Waals surface area contributed by atoms with Crippen LogP contribution in [0, 0.1) is 0 Å². The van der Waals surface area contributed by atoms with E-state index in [1.807, 2.05) is 24.3 Å². The summed E-state index contributed by atoms with van der Waals surface area (Å²) in [4.78, 5) is 6.77. The third-order valence-corrected chi connectivity index (χ3v) is 4.82. The van der Waals surface area contributed by atoms with E-state index in [1.165, 1.54) is 0 Å². The molecule has 25 heavy (non-hydrogen) atoms. The zero-order valence-electron chi connectivity index (χ0n) is 13.8. The van der Waals surface area contributed by atoms with Crippen LogP contribution < -0.4 is 10.2 Å². The van der Waals surface area contributed by atoms with Crippen LogP contribution in [0.2, 0.25) is 5.02 Å². The summed E-state index contributed by atoms with van der Waals surface area (Å²) in [5.41, 5.74) is 1.11. The van der Waals surface area contributed by atoms with Crippen molar-refractivity contribution in [2.24, 2.45) is 0 Å². The van der Waals surface area contributed by atoms with E-state index in [-0.39, 0.29) is 5.79 Å². The molecule has 2 aromatic rings. The van der Waals surface area contributed by atoms with Crippen LogP contribution in [0.15, 0.2) is 30.5 Å². The summed E-state index contributed by atoms with van der Waals surface area (Å²) in [5.74, 6) is 0.953. The molecule has 0 amide bonds. The Labute approximate surface area is 151 Å². The lowest BCUT2D eigenvalue weighted by Crippen LogP contribution is -2.45. The van der Waals surface area contributed by atoms with Crippen molar-refractivity contribution in [1.29, 1.82) is 0 Å². The highest BCUT2D eigenvalue weighted by molar-refractivity contribution is 6.30. The molecule has 8 heteroatoms. The van der Waals surface area contributed by atoms with Crippen LogP contribution >= 0.6 is 11.6 Å². The van der Waals surface area contributed by atoms with Crippen LogP contribution in [-0.4, -0.2) is 47.3 Å². The Morgan fingerprint density at radius 3 is 2.56 bits per heavy atom. The molecule has 0 unspecified atom stereocenters. The van der Waals surface area contributed by atoms with Crippen LogP contribution in [0.1, 0.15) is 18.4 Å². The fourth-order valence-corrected chi connectivity index (χ4v) is 3.29. The second kappa shape index (κ2) is 7.11. The lowest BCUT2D eigenvalue weighted by Gasteiger charge is -2.37. The summed E-state index contributed by atoms with van der Waals surface area (Å²) in [7, 11) is 0. The van der Waals surface area contributed by atoms with Crippen molar-refractivity contribution in [2.45, 2.75) is 25.2 Å². The van der Waals surface area contributed by atoms with E-state index in [2.05, 4.69) is 25.4 Å². The standard InChI is InChI=1S/C17H20ClN5O2/c18-14-3-1-13(2-4-14)11-19-16-21-15(12-20-22-16)23-7-5-17(6-8-23)24-9-10-25-17/h1-4,12H,5-11H2,(H,19,21,22). The third-order valence-electron chi connectivity index (χ3n) is 4.57. The molecule has 2 saturated heterocycles. The van der Waals surface area contributed by atoms with E-state index in [9.17, 15) is 0 Å². The first-order chi connectivity index (χ1) is 12.2. The van der Waals surface area contributed by atoms with Gasteiger partial charge in [-0.2, -0.15) is 10.1 Å². The van der Waals surface area contributed by atoms with Crippen LogP contribution in [0.3, 0.4) is 0 Å². The molecular weight excluding hydrogens is 342 g/mol. The second-order valence-corrected chi connectivity index (χ2v) is 6.65. The lowest BCUT2D eigenvalue weighted by atomic mass is 10.0. The predicted molar refractivity (Wildman–Crippen MR) is 94.7 cm³/mol. The molecular formula is C17H20ClN5O2. The van der Waals surface area contributed by atoms with Crippen molar-refractivity contribution < 1.29 is 9.47 Å². The summed E-state index contributed by atoms with van der Waals surface area (Å²) in [6, 6.07) is 7.67. The van der Waals surface area contributed by atoms with Crippen molar-refractivity contribution in [1.82, 2.24) is 15.2 Å². The quantitative estimate of drug-likeness (QED) is 0.896. The maximum absolute atomic E-state index is 5.90. The number of rotatable bonds is 4. The van der Waals surface area contributed by atoms with Gasteiger partial charge in [0.2, 0.25) is 5.95 Å². The van der Waals surface area contributed by atoms with Crippen LogP contribution in [0.5, 0.6) is 0 Å². The van der Waals surface area contributed by atoms with Crippen molar-refractivity contribution in [2.75, 3.05) is 36.5 Å². The van der Waals surface area contributed by atoms with Gasteiger partial charge in [-0.05, 0) is 17.7 Å². The van der Waals surface area contributed by atoms with E-state index in [1.54, 1.807) is 6.20 Å². The zero-order valence-corrected chi connectivity index (χ0v) is 14.6. The summed E-state index contributed by atoms with van der Waals surface area (Å²) in [5, 5.41) is 12.1. The number of nitrogens with one attached hydrogen (secondary N) is 1. The second-order valence-electron chi connectivity index (χ2n) is 6.21.